The van der Waals surface area contributed by atoms with Gasteiger partial charge in [-0.25, -0.2) is 0 Å². The zero-order valence-electron chi connectivity index (χ0n) is 12.9. The van der Waals surface area contributed by atoms with Gasteiger partial charge in [0.25, 0.3) is 0 Å². The Morgan fingerprint density at radius 3 is 2.38 bits per heavy atom. The minimum Gasteiger partial charge on any atom is -0.339 e. The molecule has 0 aliphatic carbocycles. The molecule has 21 heavy (non-hydrogen) atoms. The second kappa shape index (κ2) is 6.71. The third-order valence-corrected chi connectivity index (χ3v) is 3.69. The van der Waals surface area contributed by atoms with Crippen molar-refractivity contribution in [2.24, 2.45) is 7.05 Å². The van der Waals surface area contributed by atoms with E-state index >= 15 is 0 Å². The molecule has 7 heteroatoms. The van der Waals surface area contributed by atoms with Crippen molar-refractivity contribution in [2.45, 2.75) is 13.5 Å². The van der Waals surface area contributed by atoms with E-state index in [0.717, 1.165) is 5.56 Å². The quantitative estimate of drug-likeness (QED) is 0.754. The number of piperazine rings is 1. The van der Waals surface area contributed by atoms with E-state index in [1.165, 1.54) is 0 Å². The summed E-state index contributed by atoms with van der Waals surface area (Å²) in [4.78, 5) is 29.1. The van der Waals surface area contributed by atoms with Gasteiger partial charge in [-0.2, -0.15) is 5.10 Å². The van der Waals surface area contributed by atoms with Crippen molar-refractivity contribution in [3.8, 4) is 0 Å². The first kappa shape index (κ1) is 15.5. The van der Waals surface area contributed by atoms with Gasteiger partial charge in [-0.15, -0.1) is 0 Å². The summed E-state index contributed by atoms with van der Waals surface area (Å²) in [7, 11) is 3.81. The fourth-order valence-corrected chi connectivity index (χ4v) is 2.52. The molecule has 0 aromatic carbocycles. The highest BCUT2D eigenvalue weighted by Gasteiger charge is 2.22. The Bertz CT molecular complexity index is 505. The molecule has 1 aromatic rings. The van der Waals surface area contributed by atoms with Gasteiger partial charge in [-0.1, -0.05) is 0 Å². The highest BCUT2D eigenvalue weighted by atomic mass is 16.2. The fraction of sp³-hybridized carbons (Fsp3) is 0.643. The molecule has 1 aromatic heterocycles. The van der Waals surface area contributed by atoms with Crippen molar-refractivity contribution in [3.63, 3.8) is 0 Å². The van der Waals surface area contributed by atoms with Crippen molar-refractivity contribution >= 4 is 11.8 Å². The lowest BCUT2D eigenvalue weighted by Gasteiger charge is -2.35. The summed E-state index contributed by atoms with van der Waals surface area (Å²) in [5.41, 5.74) is 1.09. The van der Waals surface area contributed by atoms with Crippen molar-refractivity contribution in [3.05, 3.63) is 18.0 Å². The molecule has 1 fully saturated rings. The molecular formula is C14H23N5O2. The molecule has 0 spiro atoms. The van der Waals surface area contributed by atoms with Gasteiger partial charge < -0.3 is 9.80 Å². The second-order valence-corrected chi connectivity index (χ2v) is 5.58. The lowest BCUT2D eigenvalue weighted by atomic mass is 10.3. The number of rotatable bonds is 4. The normalized spacial score (nSPS) is 15.6. The second-order valence-electron chi connectivity index (χ2n) is 5.58. The maximum atomic E-state index is 12.2. The monoisotopic (exact) mass is 293 g/mol. The molecule has 7 nitrogen and oxygen atoms in total. The first-order valence-corrected chi connectivity index (χ1v) is 7.15. The minimum atomic E-state index is 0.0794. The van der Waals surface area contributed by atoms with Gasteiger partial charge in [-0.05, 0) is 7.05 Å². The van der Waals surface area contributed by atoms with Crippen molar-refractivity contribution in [1.29, 1.82) is 0 Å². The lowest BCUT2D eigenvalue weighted by molar-refractivity contribution is -0.139. The Kier molecular flexibility index (Phi) is 4.95. The maximum absolute atomic E-state index is 12.2. The minimum absolute atomic E-state index is 0.0794. The van der Waals surface area contributed by atoms with Crippen LogP contribution in [0.2, 0.25) is 0 Å². The van der Waals surface area contributed by atoms with E-state index in [9.17, 15) is 9.59 Å². The molecule has 116 valence electrons. The Balaban J connectivity index is 1.77. The summed E-state index contributed by atoms with van der Waals surface area (Å²) < 4.78 is 1.76. The van der Waals surface area contributed by atoms with Crippen molar-refractivity contribution in [1.82, 2.24) is 24.5 Å². The van der Waals surface area contributed by atoms with Crippen molar-refractivity contribution < 1.29 is 9.59 Å². The lowest BCUT2D eigenvalue weighted by Crippen LogP contribution is -2.51. The topological polar surface area (TPSA) is 61.7 Å². The first-order valence-electron chi connectivity index (χ1n) is 7.15. The molecule has 0 unspecified atom stereocenters. The molecule has 0 radical (unpaired) electrons. The Morgan fingerprint density at radius 1 is 1.24 bits per heavy atom. The summed E-state index contributed by atoms with van der Waals surface area (Å²) in [6.07, 6.45) is 3.76. The molecule has 1 aliphatic heterocycles. The van der Waals surface area contributed by atoms with Crippen LogP contribution < -0.4 is 0 Å². The van der Waals surface area contributed by atoms with Crippen LogP contribution in [0.15, 0.2) is 12.4 Å². The van der Waals surface area contributed by atoms with Crippen LogP contribution in [-0.4, -0.2) is 76.1 Å². The third-order valence-electron chi connectivity index (χ3n) is 3.69. The predicted molar refractivity (Wildman–Crippen MR) is 78.4 cm³/mol. The number of aryl methyl sites for hydroxylation is 1. The highest BCUT2D eigenvalue weighted by Crippen LogP contribution is 2.05. The number of nitrogens with zero attached hydrogens (tertiary/aromatic N) is 5. The molecule has 0 atom stereocenters. The summed E-state index contributed by atoms with van der Waals surface area (Å²) >= 11 is 0. The van der Waals surface area contributed by atoms with E-state index in [2.05, 4.69) is 5.10 Å². The number of hydrogen-bond donors (Lipinski definition) is 0. The van der Waals surface area contributed by atoms with E-state index in [1.807, 2.05) is 36.3 Å². The summed E-state index contributed by atoms with van der Waals surface area (Å²) in [6.45, 7) is 5.17. The molecule has 2 amide bonds. The third kappa shape index (κ3) is 4.29. The summed E-state index contributed by atoms with van der Waals surface area (Å²) in [5, 5.41) is 4.12. The Morgan fingerprint density at radius 2 is 1.86 bits per heavy atom. The van der Waals surface area contributed by atoms with Crippen LogP contribution in [0.25, 0.3) is 0 Å². The van der Waals surface area contributed by atoms with Crippen LogP contribution in [-0.2, 0) is 23.2 Å². The van der Waals surface area contributed by atoms with Gasteiger partial charge in [-0.3, -0.25) is 19.2 Å². The van der Waals surface area contributed by atoms with Gasteiger partial charge in [0.15, 0.2) is 0 Å². The Hall–Kier alpha value is -1.89. The average Bonchev–Trinajstić information content (AvgIpc) is 2.83. The first-order chi connectivity index (χ1) is 9.95. The number of likely N-dealkylation sites (N-methyl/N-ethyl adjacent to an activating group) is 1. The summed E-state index contributed by atoms with van der Waals surface area (Å²) in [6, 6.07) is 0. The van der Waals surface area contributed by atoms with E-state index in [4.69, 9.17) is 0 Å². The van der Waals surface area contributed by atoms with E-state index in [-0.39, 0.29) is 11.8 Å². The van der Waals surface area contributed by atoms with E-state index in [0.29, 0.717) is 39.3 Å². The van der Waals surface area contributed by atoms with Crippen LogP contribution in [0.3, 0.4) is 0 Å². The smallest absolute Gasteiger partial charge is 0.236 e. The number of aromatic nitrogens is 2. The maximum Gasteiger partial charge on any atom is 0.236 e. The van der Waals surface area contributed by atoms with Crippen LogP contribution in [0.1, 0.15) is 12.5 Å². The largest absolute Gasteiger partial charge is 0.339 e. The van der Waals surface area contributed by atoms with Crippen LogP contribution in [0.4, 0.5) is 0 Å². The van der Waals surface area contributed by atoms with Crippen molar-refractivity contribution in [2.75, 3.05) is 39.8 Å². The molecular weight excluding hydrogens is 270 g/mol. The Labute approximate surface area is 125 Å². The van der Waals surface area contributed by atoms with Gasteiger partial charge in [0.05, 0.1) is 12.7 Å². The molecule has 0 N–H and O–H groups in total. The van der Waals surface area contributed by atoms with E-state index < -0.39 is 0 Å². The van der Waals surface area contributed by atoms with E-state index in [1.54, 1.807) is 16.5 Å². The zero-order valence-corrected chi connectivity index (χ0v) is 12.9. The van der Waals surface area contributed by atoms with Gasteiger partial charge >= 0.3 is 0 Å². The molecule has 0 bridgehead atoms. The fourth-order valence-electron chi connectivity index (χ4n) is 2.52. The zero-order chi connectivity index (χ0) is 15.4. The average molecular weight is 293 g/mol. The standard InChI is InChI=1S/C14H23N5O2/c1-12(20)18-4-6-19(7-5-18)14(21)11-16(2)9-13-8-15-17(3)10-13/h8,10H,4-7,9,11H2,1-3H3. The van der Waals surface area contributed by atoms with Gasteiger partial charge in [0, 0.05) is 58.5 Å². The van der Waals surface area contributed by atoms with Gasteiger partial charge in [0.2, 0.25) is 11.8 Å². The van der Waals surface area contributed by atoms with Crippen LogP contribution >= 0.6 is 0 Å². The number of amides is 2. The number of carbonyl (C=O) groups is 2. The van der Waals surface area contributed by atoms with Crippen LogP contribution in [0, 0.1) is 0 Å². The predicted octanol–water partition coefficient (Wildman–Crippen LogP) is -0.457. The van der Waals surface area contributed by atoms with Crippen LogP contribution in [0.5, 0.6) is 0 Å². The summed E-state index contributed by atoms with van der Waals surface area (Å²) in [5.74, 6) is 0.195. The molecule has 0 saturated carbocycles. The molecule has 1 saturated heterocycles. The highest BCUT2D eigenvalue weighted by molar-refractivity contribution is 5.79. The molecule has 1 aliphatic rings. The SMILES string of the molecule is CC(=O)N1CCN(C(=O)CN(C)Cc2cnn(C)c2)CC1. The molecule has 2 rings (SSSR count). The molecule has 2 heterocycles. The number of hydrogen-bond acceptors (Lipinski definition) is 4. The van der Waals surface area contributed by atoms with Gasteiger partial charge in [0.1, 0.15) is 0 Å². The number of carbonyl (C=O) groups excluding carboxylic acids is 2.